The highest BCUT2D eigenvalue weighted by molar-refractivity contribution is 7.18. The molecule has 5 nitrogen and oxygen atoms in total. The van der Waals surface area contributed by atoms with E-state index in [1.807, 2.05) is 47.4 Å². The van der Waals surface area contributed by atoms with Crippen molar-refractivity contribution >= 4 is 39.1 Å². The van der Waals surface area contributed by atoms with Gasteiger partial charge in [0.25, 0.3) is 5.91 Å². The standard InChI is InChI=1S/C23H23N3O2S/c27-21-11-5-13-26(21)18-8-3-6-16(14-18)23(28)25-12-4-7-17(15-25)22-24-19-9-1-2-10-20(19)29-22/h1-3,6,8-10,14,17H,4-5,7,11-13,15H2/t17-/m0/s1. The summed E-state index contributed by atoms with van der Waals surface area (Å²) in [4.78, 5) is 33.8. The van der Waals surface area contributed by atoms with Crippen molar-refractivity contribution in [2.24, 2.45) is 0 Å². The number of hydrogen-bond donors (Lipinski definition) is 0. The number of hydrogen-bond acceptors (Lipinski definition) is 4. The first-order chi connectivity index (χ1) is 14.2. The van der Waals surface area contributed by atoms with Crippen LogP contribution in [0.3, 0.4) is 0 Å². The molecule has 0 bridgehead atoms. The van der Waals surface area contributed by atoms with Gasteiger partial charge in [0.2, 0.25) is 5.91 Å². The molecule has 0 spiro atoms. The molecule has 2 saturated heterocycles. The number of likely N-dealkylation sites (tertiary alicyclic amines) is 1. The zero-order chi connectivity index (χ0) is 19.8. The van der Waals surface area contributed by atoms with E-state index in [2.05, 4.69) is 6.07 Å². The summed E-state index contributed by atoms with van der Waals surface area (Å²) >= 11 is 1.74. The molecular formula is C23H23N3O2S. The Morgan fingerprint density at radius 3 is 2.79 bits per heavy atom. The molecule has 29 heavy (non-hydrogen) atoms. The van der Waals surface area contributed by atoms with Crippen molar-refractivity contribution in [2.75, 3.05) is 24.5 Å². The number of nitrogens with zero attached hydrogens (tertiary/aromatic N) is 3. The molecule has 1 atom stereocenters. The van der Waals surface area contributed by atoms with E-state index >= 15 is 0 Å². The van der Waals surface area contributed by atoms with Crippen LogP contribution in [0.5, 0.6) is 0 Å². The molecule has 2 aliphatic heterocycles. The molecule has 3 heterocycles. The Labute approximate surface area is 174 Å². The van der Waals surface area contributed by atoms with Crippen LogP contribution in [0.2, 0.25) is 0 Å². The van der Waals surface area contributed by atoms with Crippen molar-refractivity contribution in [3.05, 3.63) is 59.1 Å². The number of benzene rings is 2. The van der Waals surface area contributed by atoms with Gasteiger partial charge in [-0.2, -0.15) is 0 Å². The lowest BCUT2D eigenvalue weighted by molar-refractivity contribution is -0.117. The number of carbonyl (C=O) groups excluding carboxylic acids is 2. The van der Waals surface area contributed by atoms with Gasteiger partial charge in [-0.1, -0.05) is 18.2 Å². The van der Waals surface area contributed by atoms with Crippen molar-refractivity contribution < 1.29 is 9.59 Å². The van der Waals surface area contributed by atoms with Crippen molar-refractivity contribution in [3.63, 3.8) is 0 Å². The predicted molar refractivity (Wildman–Crippen MR) is 116 cm³/mol. The Kier molecular flexibility index (Phi) is 4.79. The average Bonchev–Trinajstić information content (AvgIpc) is 3.39. The Bertz CT molecular complexity index is 1040. The molecule has 0 radical (unpaired) electrons. The molecule has 1 aromatic heterocycles. The number of aromatic nitrogens is 1. The normalized spacial score (nSPS) is 19.9. The topological polar surface area (TPSA) is 53.5 Å². The number of amides is 2. The highest BCUT2D eigenvalue weighted by Gasteiger charge is 2.28. The summed E-state index contributed by atoms with van der Waals surface area (Å²) in [6.45, 7) is 2.21. The van der Waals surface area contributed by atoms with Gasteiger partial charge >= 0.3 is 0 Å². The molecule has 0 aliphatic carbocycles. The maximum atomic E-state index is 13.2. The van der Waals surface area contributed by atoms with E-state index < -0.39 is 0 Å². The molecule has 2 aromatic carbocycles. The molecule has 5 rings (SSSR count). The first kappa shape index (κ1) is 18.3. The summed E-state index contributed by atoms with van der Waals surface area (Å²) in [7, 11) is 0. The van der Waals surface area contributed by atoms with Crippen LogP contribution in [-0.4, -0.2) is 41.3 Å². The van der Waals surface area contributed by atoms with Gasteiger partial charge in [0.05, 0.1) is 15.2 Å². The second-order valence-electron chi connectivity index (χ2n) is 7.81. The lowest BCUT2D eigenvalue weighted by Gasteiger charge is -2.32. The van der Waals surface area contributed by atoms with E-state index in [0.717, 1.165) is 48.6 Å². The quantitative estimate of drug-likeness (QED) is 0.647. The monoisotopic (exact) mass is 405 g/mol. The fourth-order valence-corrected chi connectivity index (χ4v) is 5.43. The maximum absolute atomic E-state index is 13.2. The van der Waals surface area contributed by atoms with Gasteiger partial charge in [-0.05, 0) is 49.6 Å². The SMILES string of the molecule is O=C(c1cccc(N2CCCC2=O)c1)N1CCC[C@H](c2nc3ccccc3s2)C1. The van der Waals surface area contributed by atoms with E-state index in [4.69, 9.17) is 4.98 Å². The van der Waals surface area contributed by atoms with Crippen LogP contribution in [0.25, 0.3) is 10.2 Å². The first-order valence-corrected chi connectivity index (χ1v) is 11.1. The predicted octanol–water partition coefficient (Wildman–Crippen LogP) is 4.44. The number of piperidine rings is 1. The van der Waals surface area contributed by atoms with Crippen LogP contribution in [0.15, 0.2) is 48.5 Å². The summed E-state index contributed by atoms with van der Waals surface area (Å²) in [6, 6.07) is 15.7. The Hall–Kier alpha value is -2.73. The van der Waals surface area contributed by atoms with E-state index in [0.29, 0.717) is 18.5 Å². The molecule has 3 aromatic rings. The molecule has 2 fully saturated rings. The van der Waals surface area contributed by atoms with Crippen LogP contribution in [-0.2, 0) is 4.79 Å². The smallest absolute Gasteiger partial charge is 0.253 e. The van der Waals surface area contributed by atoms with Gasteiger partial charge in [0, 0.05) is 43.2 Å². The molecule has 2 amide bonds. The van der Waals surface area contributed by atoms with Gasteiger partial charge in [0.1, 0.15) is 0 Å². The number of rotatable bonds is 3. The fourth-order valence-electron chi connectivity index (χ4n) is 4.34. The number of anilines is 1. The molecule has 0 saturated carbocycles. The van der Waals surface area contributed by atoms with Crippen LogP contribution >= 0.6 is 11.3 Å². The average molecular weight is 406 g/mol. The fraction of sp³-hybridized carbons (Fsp3) is 0.348. The summed E-state index contributed by atoms with van der Waals surface area (Å²) in [6.07, 6.45) is 3.52. The number of carbonyl (C=O) groups is 2. The largest absolute Gasteiger partial charge is 0.338 e. The lowest BCUT2D eigenvalue weighted by Crippen LogP contribution is -2.39. The second kappa shape index (κ2) is 7.59. The summed E-state index contributed by atoms with van der Waals surface area (Å²) < 4.78 is 1.20. The molecule has 148 valence electrons. The highest BCUT2D eigenvalue weighted by Crippen LogP contribution is 2.33. The summed E-state index contributed by atoms with van der Waals surface area (Å²) in [5, 5.41) is 1.13. The van der Waals surface area contributed by atoms with Crippen LogP contribution in [0.1, 0.15) is 47.0 Å². The van der Waals surface area contributed by atoms with Gasteiger partial charge < -0.3 is 9.80 Å². The number of para-hydroxylation sites is 1. The summed E-state index contributed by atoms with van der Waals surface area (Å²) in [5.74, 6) is 0.473. The molecule has 6 heteroatoms. The van der Waals surface area contributed by atoms with Crippen LogP contribution in [0, 0.1) is 0 Å². The minimum atomic E-state index is 0.0457. The molecule has 0 unspecified atom stereocenters. The minimum Gasteiger partial charge on any atom is -0.338 e. The number of fused-ring (bicyclic) bond motifs is 1. The van der Waals surface area contributed by atoms with Crippen LogP contribution in [0.4, 0.5) is 5.69 Å². The molecule has 2 aliphatic rings. The maximum Gasteiger partial charge on any atom is 0.253 e. The minimum absolute atomic E-state index is 0.0457. The van der Waals surface area contributed by atoms with Gasteiger partial charge in [0.15, 0.2) is 0 Å². The zero-order valence-corrected chi connectivity index (χ0v) is 17.0. The first-order valence-electron chi connectivity index (χ1n) is 10.2. The van der Waals surface area contributed by atoms with Crippen molar-refractivity contribution in [2.45, 2.75) is 31.6 Å². The van der Waals surface area contributed by atoms with Gasteiger partial charge in [-0.25, -0.2) is 4.98 Å². The van der Waals surface area contributed by atoms with E-state index in [9.17, 15) is 9.59 Å². The molecule has 0 N–H and O–H groups in total. The van der Waals surface area contributed by atoms with E-state index in [-0.39, 0.29) is 17.7 Å². The third-order valence-corrected chi connectivity index (χ3v) is 7.05. The lowest BCUT2D eigenvalue weighted by atomic mass is 9.98. The highest BCUT2D eigenvalue weighted by atomic mass is 32.1. The summed E-state index contributed by atoms with van der Waals surface area (Å²) in [5.41, 5.74) is 2.53. The Balaban J connectivity index is 1.35. The van der Waals surface area contributed by atoms with E-state index in [1.54, 1.807) is 16.2 Å². The van der Waals surface area contributed by atoms with Gasteiger partial charge in [-0.3, -0.25) is 9.59 Å². The van der Waals surface area contributed by atoms with Crippen LogP contribution < -0.4 is 4.90 Å². The van der Waals surface area contributed by atoms with E-state index in [1.165, 1.54) is 4.70 Å². The third-order valence-electron chi connectivity index (χ3n) is 5.85. The van der Waals surface area contributed by atoms with Crippen molar-refractivity contribution in [1.29, 1.82) is 0 Å². The zero-order valence-electron chi connectivity index (χ0n) is 16.2. The van der Waals surface area contributed by atoms with Gasteiger partial charge in [-0.15, -0.1) is 11.3 Å². The molecular weight excluding hydrogens is 382 g/mol. The third kappa shape index (κ3) is 3.53. The Morgan fingerprint density at radius 1 is 1.07 bits per heavy atom. The van der Waals surface area contributed by atoms with Crippen molar-refractivity contribution in [1.82, 2.24) is 9.88 Å². The Morgan fingerprint density at radius 2 is 1.97 bits per heavy atom. The number of thiazole rings is 1. The second-order valence-corrected chi connectivity index (χ2v) is 8.87. The van der Waals surface area contributed by atoms with Crippen molar-refractivity contribution in [3.8, 4) is 0 Å².